The summed E-state index contributed by atoms with van der Waals surface area (Å²) in [6.45, 7) is 12.9. The fourth-order valence-electron chi connectivity index (χ4n) is 2.04. The average molecular weight is 365 g/mol. The second-order valence-electron chi connectivity index (χ2n) is 7.18. The summed E-state index contributed by atoms with van der Waals surface area (Å²) in [5, 5.41) is 0. The van der Waals surface area contributed by atoms with Crippen LogP contribution in [0.15, 0.2) is 67.6 Å². The molecule has 0 aliphatic rings. The van der Waals surface area contributed by atoms with Gasteiger partial charge in [-0.15, -0.1) is 0 Å². The molecule has 0 spiro atoms. The van der Waals surface area contributed by atoms with E-state index in [1.807, 2.05) is 49.1 Å². The molecule has 0 amide bonds. The molecule has 27 heavy (non-hydrogen) atoms. The zero-order chi connectivity index (χ0) is 20.1. The summed E-state index contributed by atoms with van der Waals surface area (Å²) in [5.74, 6) is 1.68. The molecule has 0 aliphatic carbocycles. The lowest BCUT2D eigenvalue weighted by atomic mass is 10.1. The van der Waals surface area contributed by atoms with Crippen molar-refractivity contribution >= 4 is 0 Å². The molecule has 0 bridgehead atoms. The highest BCUT2D eigenvalue weighted by Crippen LogP contribution is 2.10. The maximum Gasteiger partial charge on any atom is 0.115 e. The molecule has 0 unspecified atom stereocenters. The van der Waals surface area contributed by atoms with Crippen LogP contribution in [0.25, 0.3) is 0 Å². The van der Waals surface area contributed by atoms with Crippen LogP contribution in [-0.4, -0.2) is 19.9 Å². The molecule has 0 atom stereocenters. The van der Waals surface area contributed by atoms with E-state index in [1.54, 1.807) is 12.5 Å². The van der Waals surface area contributed by atoms with Gasteiger partial charge in [0.2, 0.25) is 0 Å². The molecule has 3 aromatic rings. The minimum Gasteiger partial charge on any atom is -0.264 e. The third kappa shape index (κ3) is 9.59. The topological polar surface area (TPSA) is 51.6 Å². The highest BCUT2D eigenvalue weighted by Gasteiger charge is 1.96. The van der Waals surface area contributed by atoms with Crippen molar-refractivity contribution in [2.75, 3.05) is 0 Å². The predicted molar refractivity (Wildman–Crippen MR) is 113 cm³/mol. The molecule has 4 nitrogen and oxygen atoms in total. The van der Waals surface area contributed by atoms with Crippen LogP contribution in [0.1, 0.15) is 76.1 Å². The Morgan fingerprint density at radius 1 is 0.593 bits per heavy atom. The van der Waals surface area contributed by atoms with E-state index in [2.05, 4.69) is 67.5 Å². The SMILES string of the molecule is CC(C)c1ccccn1.CC(C)c1cccnc1.CC(C)c1cncnc1. The van der Waals surface area contributed by atoms with Gasteiger partial charge in [-0.3, -0.25) is 9.97 Å². The number of nitrogens with zero attached hydrogens (tertiary/aromatic N) is 4. The van der Waals surface area contributed by atoms with E-state index in [4.69, 9.17) is 0 Å². The molecule has 144 valence electrons. The lowest BCUT2D eigenvalue weighted by Gasteiger charge is -2.00. The molecule has 3 heterocycles. The normalized spacial score (nSPS) is 10.1. The van der Waals surface area contributed by atoms with Crippen LogP contribution in [0, 0.1) is 0 Å². The number of hydrogen-bond donors (Lipinski definition) is 0. The molecule has 0 aliphatic heterocycles. The van der Waals surface area contributed by atoms with Crippen molar-refractivity contribution in [3.8, 4) is 0 Å². The first-order valence-electron chi connectivity index (χ1n) is 9.47. The van der Waals surface area contributed by atoms with Gasteiger partial charge < -0.3 is 0 Å². The summed E-state index contributed by atoms with van der Waals surface area (Å²) < 4.78 is 0. The van der Waals surface area contributed by atoms with E-state index in [0.717, 1.165) is 5.69 Å². The number of hydrogen-bond acceptors (Lipinski definition) is 4. The summed E-state index contributed by atoms with van der Waals surface area (Å²) in [7, 11) is 0. The van der Waals surface area contributed by atoms with Crippen molar-refractivity contribution in [1.82, 2.24) is 19.9 Å². The van der Waals surface area contributed by atoms with E-state index in [1.165, 1.54) is 11.1 Å². The molecule has 0 fully saturated rings. The van der Waals surface area contributed by atoms with Gasteiger partial charge in [-0.05, 0) is 47.1 Å². The highest BCUT2D eigenvalue weighted by molar-refractivity contribution is 5.12. The largest absolute Gasteiger partial charge is 0.264 e. The maximum absolute atomic E-state index is 4.18. The lowest BCUT2D eigenvalue weighted by Crippen LogP contribution is -1.88. The van der Waals surface area contributed by atoms with Gasteiger partial charge in [0.05, 0.1) is 0 Å². The molecule has 3 rings (SSSR count). The fraction of sp³-hybridized carbons (Fsp3) is 0.391. The summed E-state index contributed by atoms with van der Waals surface area (Å²) in [6, 6.07) is 10.1. The van der Waals surface area contributed by atoms with Gasteiger partial charge in [0, 0.05) is 36.7 Å². The van der Waals surface area contributed by atoms with Crippen LogP contribution in [0.4, 0.5) is 0 Å². The number of aromatic nitrogens is 4. The van der Waals surface area contributed by atoms with E-state index in [9.17, 15) is 0 Å². The molecule has 4 heteroatoms. The second kappa shape index (κ2) is 12.7. The summed E-state index contributed by atoms with van der Waals surface area (Å²) in [5.41, 5.74) is 3.66. The van der Waals surface area contributed by atoms with E-state index >= 15 is 0 Å². The van der Waals surface area contributed by atoms with Gasteiger partial charge in [0.1, 0.15) is 6.33 Å². The van der Waals surface area contributed by atoms with Crippen LogP contribution >= 0.6 is 0 Å². The minimum atomic E-state index is 0.534. The van der Waals surface area contributed by atoms with Crippen LogP contribution in [0.3, 0.4) is 0 Å². The Morgan fingerprint density at radius 3 is 1.56 bits per heavy atom. The number of rotatable bonds is 3. The molecule has 0 saturated carbocycles. The van der Waals surface area contributed by atoms with Crippen molar-refractivity contribution in [2.45, 2.75) is 59.3 Å². The molecule has 0 saturated heterocycles. The summed E-state index contributed by atoms with van der Waals surface area (Å²) in [4.78, 5) is 16.0. The van der Waals surface area contributed by atoms with E-state index < -0.39 is 0 Å². The van der Waals surface area contributed by atoms with Crippen molar-refractivity contribution in [2.24, 2.45) is 0 Å². The summed E-state index contributed by atoms with van der Waals surface area (Å²) in [6.07, 6.45) is 10.8. The Hall–Kier alpha value is -2.62. The smallest absolute Gasteiger partial charge is 0.115 e. The number of pyridine rings is 2. The van der Waals surface area contributed by atoms with Crippen molar-refractivity contribution in [1.29, 1.82) is 0 Å². The quantitative estimate of drug-likeness (QED) is 0.571. The third-order valence-electron chi connectivity index (χ3n) is 3.88. The predicted octanol–water partition coefficient (Wildman–Crippen LogP) is 6.01. The Morgan fingerprint density at radius 2 is 1.22 bits per heavy atom. The lowest BCUT2D eigenvalue weighted by molar-refractivity contribution is 0.823. The van der Waals surface area contributed by atoms with Crippen LogP contribution in [0.2, 0.25) is 0 Å². The Bertz CT molecular complexity index is 608. The first-order valence-corrected chi connectivity index (χ1v) is 9.47. The molecular formula is C23H32N4. The first-order chi connectivity index (χ1) is 12.9. The first kappa shape index (κ1) is 22.4. The van der Waals surface area contributed by atoms with Crippen molar-refractivity contribution in [3.05, 3.63) is 84.5 Å². The maximum atomic E-state index is 4.18. The molecular weight excluding hydrogens is 332 g/mol. The van der Waals surface area contributed by atoms with Crippen LogP contribution in [0.5, 0.6) is 0 Å². The van der Waals surface area contributed by atoms with Gasteiger partial charge in [0.15, 0.2) is 0 Å². The molecule has 3 aromatic heterocycles. The van der Waals surface area contributed by atoms with Gasteiger partial charge >= 0.3 is 0 Å². The molecule has 0 radical (unpaired) electrons. The Labute approximate surface area is 164 Å². The van der Waals surface area contributed by atoms with Gasteiger partial charge in [0.25, 0.3) is 0 Å². The fourth-order valence-corrected chi connectivity index (χ4v) is 2.04. The monoisotopic (exact) mass is 364 g/mol. The van der Waals surface area contributed by atoms with Gasteiger partial charge in [-0.25, -0.2) is 9.97 Å². The van der Waals surface area contributed by atoms with Crippen molar-refractivity contribution < 1.29 is 0 Å². The molecule has 0 N–H and O–H groups in total. The zero-order valence-corrected chi connectivity index (χ0v) is 17.4. The zero-order valence-electron chi connectivity index (χ0n) is 17.4. The summed E-state index contributed by atoms with van der Waals surface area (Å²) >= 11 is 0. The Kier molecular flexibility index (Phi) is 10.5. The minimum absolute atomic E-state index is 0.534. The van der Waals surface area contributed by atoms with Crippen LogP contribution in [-0.2, 0) is 0 Å². The van der Waals surface area contributed by atoms with Gasteiger partial charge in [-0.1, -0.05) is 53.7 Å². The molecule has 0 aromatic carbocycles. The standard InChI is InChI=1S/2C8H11N.C7H10N2/c1-7(2)8-4-3-5-9-6-8;1-7(2)8-5-3-4-6-9-8;1-6(2)7-3-8-5-9-4-7/h2*3-7H,1-2H3;3-6H,1-2H3. The highest BCUT2D eigenvalue weighted by atomic mass is 14.8. The average Bonchev–Trinajstić information content (AvgIpc) is 2.71. The Balaban J connectivity index is 0.000000202. The van der Waals surface area contributed by atoms with E-state index in [-0.39, 0.29) is 0 Å². The van der Waals surface area contributed by atoms with Crippen molar-refractivity contribution in [3.63, 3.8) is 0 Å². The third-order valence-corrected chi connectivity index (χ3v) is 3.88. The van der Waals surface area contributed by atoms with Gasteiger partial charge in [-0.2, -0.15) is 0 Å². The van der Waals surface area contributed by atoms with E-state index in [0.29, 0.717) is 17.8 Å². The van der Waals surface area contributed by atoms with Crippen LogP contribution < -0.4 is 0 Å². The second-order valence-corrected chi connectivity index (χ2v) is 7.18.